The fourth-order valence-electron chi connectivity index (χ4n) is 3.52. The number of aliphatic hydroxyl groups is 1. The van der Waals surface area contributed by atoms with Crippen molar-refractivity contribution in [2.24, 2.45) is 0 Å². The SMILES string of the molecule is CC(C)c1nc(C2(NCC(O)CCc3ccccc3)CCCC2)no1. The molecule has 0 saturated heterocycles. The van der Waals surface area contributed by atoms with Crippen molar-refractivity contribution < 1.29 is 9.63 Å². The predicted molar refractivity (Wildman–Crippen MR) is 97.3 cm³/mol. The Morgan fingerprint density at radius 1 is 1.20 bits per heavy atom. The average Bonchev–Trinajstić information content (AvgIpc) is 3.29. The molecule has 5 nitrogen and oxygen atoms in total. The number of aliphatic hydroxyl groups excluding tert-OH is 1. The van der Waals surface area contributed by atoms with Crippen molar-refractivity contribution in [3.63, 3.8) is 0 Å². The van der Waals surface area contributed by atoms with Gasteiger partial charge in [-0.2, -0.15) is 4.98 Å². The van der Waals surface area contributed by atoms with Gasteiger partial charge in [0.2, 0.25) is 5.89 Å². The lowest BCUT2D eigenvalue weighted by Gasteiger charge is -2.28. The maximum absolute atomic E-state index is 10.4. The van der Waals surface area contributed by atoms with Crippen LogP contribution in [0.1, 0.15) is 69.1 Å². The average molecular weight is 343 g/mol. The molecule has 1 aromatic carbocycles. The lowest BCUT2D eigenvalue weighted by molar-refractivity contribution is 0.142. The molecule has 0 spiro atoms. The van der Waals surface area contributed by atoms with Crippen molar-refractivity contribution in [1.82, 2.24) is 15.5 Å². The number of hydrogen-bond donors (Lipinski definition) is 2. The first-order valence-electron chi connectivity index (χ1n) is 9.40. The fraction of sp³-hybridized carbons (Fsp3) is 0.600. The van der Waals surface area contributed by atoms with Gasteiger partial charge in [-0.3, -0.25) is 0 Å². The standard InChI is InChI=1S/C20H29N3O2/c1-15(2)18-22-19(23-25-18)20(12-6-7-13-20)21-14-17(24)11-10-16-8-4-3-5-9-16/h3-5,8-9,15,17,21,24H,6-7,10-14H2,1-2H3. The van der Waals surface area contributed by atoms with Crippen LogP contribution in [-0.2, 0) is 12.0 Å². The molecule has 136 valence electrons. The monoisotopic (exact) mass is 343 g/mol. The normalized spacial score (nSPS) is 17.9. The van der Waals surface area contributed by atoms with Crippen molar-refractivity contribution in [3.05, 3.63) is 47.6 Å². The van der Waals surface area contributed by atoms with E-state index in [-0.39, 0.29) is 17.6 Å². The topological polar surface area (TPSA) is 71.2 Å². The molecule has 1 atom stereocenters. The molecule has 1 heterocycles. The number of aromatic nitrogens is 2. The molecule has 1 aliphatic rings. The second-order valence-electron chi connectivity index (χ2n) is 7.46. The van der Waals surface area contributed by atoms with Crippen LogP contribution in [0.4, 0.5) is 0 Å². The van der Waals surface area contributed by atoms with Crippen LogP contribution in [0.25, 0.3) is 0 Å². The highest BCUT2D eigenvalue weighted by atomic mass is 16.5. The van der Waals surface area contributed by atoms with E-state index in [0.717, 1.165) is 44.3 Å². The zero-order chi connectivity index (χ0) is 17.7. The fourth-order valence-corrected chi connectivity index (χ4v) is 3.52. The van der Waals surface area contributed by atoms with Gasteiger partial charge in [-0.1, -0.05) is 62.2 Å². The number of aryl methyl sites for hydroxylation is 1. The summed E-state index contributed by atoms with van der Waals surface area (Å²) < 4.78 is 5.41. The van der Waals surface area contributed by atoms with Gasteiger partial charge >= 0.3 is 0 Å². The molecule has 0 bridgehead atoms. The number of benzene rings is 1. The van der Waals surface area contributed by atoms with Crippen molar-refractivity contribution >= 4 is 0 Å². The minimum Gasteiger partial charge on any atom is -0.392 e. The highest BCUT2D eigenvalue weighted by Crippen LogP contribution is 2.37. The number of hydrogen-bond acceptors (Lipinski definition) is 5. The first-order valence-corrected chi connectivity index (χ1v) is 9.40. The number of nitrogens with zero attached hydrogens (tertiary/aromatic N) is 2. The van der Waals surface area contributed by atoms with E-state index in [1.807, 2.05) is 18.2 Å². The minimum atomic E-state index is -0.380. The van der Waals surface area contributed by atoms with Crippen LogP contribution in [0.2, 0.25) is 0 Å². The summed E-state index contributed by atoms with van der Waals surface area (Å²) >= 11 is 0. The molecule has 0 aliphatic heterocycles. The van der Waals surface area contributed by atoms with Gasteiger partial charge in [0.05, 0.1) is 11.6 Å². The summed E-state index contributed by atoms with van der Waals surface area (Å²) in [4.78, 5) is 4.61. The highest BCUT2D eigenvalue weighted by Gasteiger charge is 2.40. The molecule has 0 radical (unpaired) electrons. The summed E-state index contributed by atoms with van der Waals surface area (Å²) in [5, 5.41) is 18.2. The summed E-state index contributed by atoms with van der Waals surface area (Å²) in [6.45, 7) is 4.66. The summed E-state index contributed by atoms with van der Waals surface area (Å²) in [7, 11) is 0. The van der Waals surface area contributed by atoms with Crippen molar-refractivity contribution in [2.45, 2.75) is 69.9 Å². The molecule has 2 aromatic rings. The second-order valence-corrected chi connectivity index (χ2v) is 7.46. The van der Waals surface area contributed by atoms with Gasteiger partial charge in [-0.05, 0) is 31.2 Å². The molecular formula is C20H29N3O2. The molecular weight excluding hydrogens is 314 g/mol. The Hall–Kier alpha value is -1.72. The highest BCUT2D eigenvalue weighted by molar-refractivity contribution is 5.15. The second kappa shape index (κ2) is 8.11. The Bertz CT molecular complexity index is 648. The van der Waals surface area contributed by atoms with Gasteiger partial charge in [0.25, 0.3) is 0 Å². The Kier molecular flexibility index (Phi) is 5.86. The molecule has 1 aliphatic carbocycles. The number of nitrogens with one attached hydrogen (secondary N) is 1. The maximum Gasteiger partial charge on any atom is 0.229 e. The van der Waals surface area contributed by atoms with Crippen LogP contribution in [0.3, 0.4) is 0 Å². The lowest BCUT2D eigenvalue weighted by atomic mass is 9.95. The summed E-state index contributed by atoms with van der Waals surface area (Å²) in [5.41, 5.74) is 1.02. The predicted octanol–water partition coefficient (Wildman–Crippen LogP) is 3.55. The molecule has 3 rings (SSSR count). The third-order valence-corrected chi connectivity index (χ3v) is 5.11. The van der Waals surface area contributed by atoms with Crippen LogP contribution in [0, 0.1) is 0 Å². The van der Waals surface area contributed by atoms with E-state index in [2.05, 4.69) is 41.4 Å². The van der Waals surface area contributed by atoms with Gasteiger partial charge < -0.3 is 14.9 Å². The molecule has 2 N–H and O–H groups in total. The van der Waals surface area contributed by atoms with Crippen LogP contribution in [-0.4, -0.2) is 27.9 Å². The van der Waals surface area contributed by atoms with E-state index in [0.29, 0.717) is 12.4 Å². The zero-order valence-electron chi connectivity index (χ0n) is 15.2. The Labute approximate surface area is 149 Å². The van der Waals surface area contributed by atoms with Crippen molar-refractivity contribution in [1.29, 1.82) is 0 Å². The van der Waals surface area contributed by atoms with Gasteiger partial charge in [-0.25, -0.2) is 0 Å². The van der Waals surface area contributed by atoms with Crippen molar-refractivity contribution in [3.8, 4) is 0 Å². The van der Waals surface area contributed by atoms with E-state index < -0.39 is 0 Å². The molecule has 1 saturated carbocycles. The summed E-state index contributed by atoms with van der Waals surface area (Å²) in [6, 6.07) is 10.3. The molecule has 5 heteroatoms. The Morgan fingerprint density at radius 2 is 1.92 bits per heavy atom. The van der Waals surface area contributed by atoms with E-state index in [1.54, 1.807) is 0 Å². The van der Waals surface area contributed by atoms with E-state index in [9.17, 15) is 5.11 Å². The maximum atomic E-state index is 10.4. The quantitative estimate of drug-likeness (QED) is 0.767. The number of rotatable bonds is 8. The first kappa shape index (κ1) is 18.1. The largest absolute Gasteiger partial charge is 0.392 e. The third-order valence-electron chi connectivity index (χ3n) is 5.11. The lowest BCUT2D eigenvalue weighted by Crippen LogP contribution is -2.44. The summed E-state index contributed by atoms with van der Waals surface area (Å²) in [6.07, 6.45) is 5.55. The smallest absolute Gasteiger partial charge is 0.229 e. The zero-order valence-corrected chi connectivity index (χ0v) is 15.2. The summed E-state index contributed by atoms with van der Waals surface area (Å²) in [5.74, 6) is 1.67. The van der Waals surface area contributed by atoms with E-state index >= 15 is 0 Å². The molecule has 0 amide bonds. The van der Waals surface area contributed by atoms with Gasteiger partial charge in [-0.15, -0.1) is 0 Å². The Balaban J connectivity index is 1.58. The minimum absolute atomic E-state index is 0.233. The van der Waals surface area contributed by atoms with Gasteiger partial charge in [0.15, 0.2) is 5.82 Å². The van der Waals surface area contributed by atoms with Crippen LogP contribution >= 0.6 is 0 Å². The molecule has 1 unspecified atom stereocenters. The molecule has 25 heavy (non-hydrogen) atoms. The first-order chi connectivity index (χ1) is 12.1. The van der Waals surface area contributed by atoms with Crippen LogP contribution in [0.5, 0.6) is 0 Å². The van der Waals surface area contributed by atoms with Crippen LogP contribution < -0.4 is 5.32 Å². The van der Waals surface area contributed by atoms with Gasteiger partial charge in [0.1, 0.15) is 0 Å². The van der Waals surface area contributed by atoms with Crippen molar-refractivity contribution in [2.75, 3.05) is 6.54 Å². The third kappa shape index (κ3) is 4.47. The molecule has 1 aromatic heterocycles. The van der Waals surface area contributed by atoms with E-state index in [1.165, 1.54) is 5.56 Å². The van der Waals surface area contributed by atoms with Gasteiger partial charge in [0, 0.05) is 12.5 Å². The van der Waals surface area contributed by atoms with Crippen LogP contribution in [0.15, 0.2) is 34.9 Å². The molecule has 1 fully saturated rings. The Morgan fingerprint density at radius 3 is 2.56 bits per heavy atom. The van der Waals surface area contributed by atoms with E-state index in [4.69, 9.17) is 4.52 Å².